The van der Waals surface area contributed by atoms with Crippen LogP contribution in [0.1, 0.15) is 15.9 Å². The molecule has 0 atom stereocenters. The summed E-state index contributed by atoms with van der Waals surface area (Å²) in [6, 6.07) is 17.3. The minimum Gasteiger partial charge on any atom is -0.334 e. The maximum Gasteiger partial charge on any atom is 0.319 e. The molecule has 0 bridgehead atoms. The number of nitrogens with one attached hydrogen (secondary N) is 2. The molecule has 6 heteroatoms. The fourth-order valence-electron chi connectivity index (χ4n) is 1.87. The lowest BCUT2D eigenvalue weighted by atomic mass is 10.1. The lowest BCUT2D eigenvalue weighted by Gasteiger charge is -2.05. The van der Waals surface area contributed by atoms with Gasteiger partial charge in [-0.2, -0.15) is 5.26 Å². The maximum atomic E-state index is 12.2. The summed E-state index contributed by atoms with van der Waals surface area (Å²) in [5.74, 6) is -0.451. The minimum absolute atomic E-state index is 0.146. The number of hydrogen-bond acceptors (Lipinski definition) is 3. The van der Waals surface area contributed by atoms with Crippen LogP contribution in [-0.4, -0.2) is 11.8 Å². The van der Waals surface area contributed by atoms with Gasteiger partial charge >= 0.3 is 6.03 Å². The Bertz CT molecular complexity index is 793. The molecule has 0 aromatic heterocycles. The highest BCUT2D eigenvalue weighted by atomic mass is 79.9. The molecular formula is C18H14BrN3O2. The number of carbonyl (C=O) groups excluding carboxylic acids is 2. The number of nitrogens with zero attached hydrogens (tertiary/aromatic N) is 1. The summed E-state index contributed by atoms with van der Waals surface area (Å²) in [5.41, 5.74) is 1.17. The largest absolute Gasteiger partial charge is 0.334 e. The van der Waals surface area contributed by atoms with E-state index in [4.69, 9.17) is 5.26 Å². The Hall–Kier alpha value is -2.91. The van der Waals surface area contributed by atoms with E-state index >= 15 is 0 Å². The second-order valence-corrected chi connectivity index (χ2v) is 5.73. The van der Waals surface area contributed by atoms with Gasteiger partial charge in [0.2, 0.25) is 5.78 Å². The fraction of sp³-hybridized carbons (Fsp3) is 0.0556. The zero-order chi connectivity index (χ0) is 17.4. The molecule has 0 aliphatic carbocycles. The summed E-state index contributed by atoms with van der Waals surface area (Å²) < 4.78 is 0.833. The van der Waals surface area contributed by atoms with Crippen molar-refractivity contribution in [3.05, 3.63) is 82.0 Å². The first-order valence-electron chi connectivity index (χ1n) is 7.09. The molecule has 0 fully saturated rings. The summed E-state index contributed by atoms with van der Waals surface area (Å²) in [4.78, 5) is 23.9. The predicted octanol–water partition coefficient (Wildman–Crippen LogP) is 3.54. The Balaban J connectivity index is 1.95. The zero-order valence-corrected chi connectivity index (χ0v) is 14.2. The molecule has 0 heterocycles. The van der Waals surface area contributed by atoms with Gasteiger partial charge in [0.15, 0.2) is 0 Å². The zero-order valence-electron chi connectivity index (χ0n) is 12.6. The quantitative estimate of drug-likeness (QED) is 0.470. The fourth-order valence-corrected chi connectivity index (χ4v) is 2.14. The lowest BCUT2D eigenvalue weighted by Crippen LogP contribution is -2.32. The number of urea groups is 1. The molecule has 2 rings (SSSR count). The van der Waals surface area contributed by atoms with Gasteiger partial charge in [-0.25, -0.2) is 4.79 Å². The Morgan fingerprint density at radius 3 is 2.38 bits per heavy atom. The van der Waals surface area contributed by atoms with E-state index < -0.39 is 11.8 Å². The third-order valence-corrected chi connectivity index (χ3v) is 3.64. The van der Waals surface area contributed by atoms with Crippen LogP contribution in [0.25, 0.3) is 0 Å². The van der Waals surface area contributed by atoms with Gasteiger partial charge in [0, 0.05) is 22.8 Å². The van der Waals surface area contributed by atoms with Crippen molar-refractivity contribution in [2.75, 3.05) is 0 Å². The summed E-state index contributed by atoms with van der Waals surface area (Å²) >= 11 is 3.28. The van der Waals surface area contributed by atoms with Crippen molar-refractivity contribution < 1.29 is 9.59 Å². The Kier molecular flexibility index (Phi) is 6.29. The maximum absolute atomic E-state index is 12.2. The second-order valence-electron chi connectivity index (χ2n) is 4.82. The summed E-state index contributed by atoms with van der Waals surface area (Å²) in [7, 11) is 0. The van der Waals surface area contributed by atoms with Crippen LogP contribution in [0.2, 0.25) is 0 Å². The molecule has 2 aromatic rings. The number of rotatable bonds is 5. The summed E-state index contributed by atoms with van der Waals surface area (Å²) in [5, 5.41) is 14.2. The topological polar surface area (TPSA) is 82.0 Å². The highest BCUT2D eigenvalue weighted by Crippen LogP contribution is 2.13. The Morgan fingerprint density at radius 2 is 1.75 bits per heavy atom. The van der Waals surface area contributed by atoms with E-state index in [2.05, 4.69) is 26.6 Å². The van der Waals surface area contributed by atoms with Crippen molar-refractivity contribution in [3.63, 3.8) is 0 Å². The van der Waals surface area contributed by atoms with Crippen LogP contribution in [0, 0.1) is 11.3 Å². The highest BCUT2D eigenvalue weighted by molar-refractivity contribution is 9.10. The molecule has 0 aliphatic heterocycles. The highest BCUT2D eigenvalue weighted by Gasteiger charge is 2.12. The van der Waals surface area contributed by atoms with Gasteiger partial charge in [-0.05, 0) is 29.8 Å². The summed E-state index contributed by atoms with van der Waals surface area (Å²) in [6.45, 7) is 0.350. The van der Waals surface area contributed by atoms with E-state index in [1.807, 2.05) is 30.3 Å². The van der Waals surface area contributed by atoms with E-state index in [1.54, 1.807) is 30.3 Å². The molecule has 0 spiro atoms. The SMILES string of the molecule is N#CC(=CNC(=O)NCc1ccccc1)C(=O)c1ccc(Br)cc1. The van der Waals surface area contributed by atoms with Gasteiger partial charge in [-0.3, -0.25) is 4.79 Å². The Labute approximate surface area is 148 Å². The first-order valence-corrected chi connectivity index (χ1v) is 7.88. The molecule has 0 radical (unpaired) electrons. The lowest BCUT2D eigenvalue weighted by molar-refractivity contribution is 0.103. The number of benzene rings is 2. The van der Waals surface area contributed by atoms with Gasteiger partial charge in [-0.1, -0.05) is 46.3 Å². The number of Topliss-reactive ketones (excluding diaryl/α,β-unsaturated/α-hetero) is 1. The smallest absolute Gasteiger partial charge is 0.319 e. The second kappa shape index (κ2) is 8.65. The molecule has 0 unspecified atom stereocenters. The number of carbonyl (C=O) groups is 2. The number of hydrogen-bond donors (Lipinski definition) is 2. The van der Waals surface area contributed by atoms with Gasteiger partial charge in [0.25, 0.3) is 0 Å². The Morgan fingerprint density at radius 1 is 1.08 bits per heavy atom. The van der Waals surface area contributed by atoms with E-state index in [0.29, 0.717) is 12.1 Å². The van der Waals surface area contributed by atoms with Crippen molar-refractivity contribution in [2.45, 2.75) is 6.54 Å². The van der Waals surface area contributed by atoms with Gasteiger partial charge in [0.05, 0.1) is 0 Å². The van der Waals surface area contributed by atoms with Crippen LogP contribution in [0.4, 0.5) is 4.79 Å². The molecule has 2 aromatic carbocycles. The monoisotopic (exact) mass is 383 g/mol. The van der Waals surface area contributed by atoms with E-state index in [-0.39, 0.29) is 5.57 Å². The third kappa shape index (κ3) is 5.07. The van der Waals surface area contributed by atoms with Gasteiger partial charge in [0.1, 0.15) is 11.6 Å². The third-order valence-electron chi connectivity index (χ3n) is 3.11. The van der Waals surface area contributed by atoms with Crippen molar-refractivity contribution in [1.82, 2.24) is 10.6 Å². The minimum atomic E-state index is -0.491. The molecule has 2 amide bonds. The molecule has 24 heavy (non-hydrogen) atoms. The standard InChI is InChI=1S/C18H14BrN3O2/c19-16-8-6-14(7-9-16)17(23)15(10-20)12-22-18(24)21-11-13-4-2-1-3-5-13/h1-9,12H,11H2,(H2,21,22,24). The molecule has 0 aliphatic rings. The van der Waals surface area contributed by atoms with Crippen LogP contribution in [0.3, 0.4) is 0 Å². The first-order chi connectivity index (χ1) is 11.6. The predicted molar refractivity (Wildman–Crippen MR) is 94.0 cm³/mol. The normalized spacial score (nSPS) is 10.6. The number of amides is 2. The van der Waals surface area contributed by atoms with Crippen LogP contribution in [-0.2, 0) is 6.54 Å². The average molecular weight is 384 g/mol. The van der Waals surface area contributed by atoms with Gasteiger partial charge in [-0.15, -0.1) is 0 Å². The van der Waals surface area contributed by atoms with Crippen LogP contribution in [0.15, 0.2) is 70.8 Å². The average Bonchev–Trinajstić information content (AvgIpc) is 2.61. The van der Waals surface area contributed by atoms with E-state index in [9.17, 15) is 9.59 Å². The van der Waals surface area contributed by atoms with E-state index in [1.165, 1.54) is 0 Å². The first kappa shape index (κ1) is 17.4. The van der Waals surface area contributed by atoms with Crippen molar-refractivity contribution >= 4 is 27.7 Å². The molecular weight excluding hydrogens is 370 g/mol. The van der Waals surface area contributed by atoms with Gasteiger partial charge < -0.3 is 10.6 Å². The molecule has 0 saturated carbocycles. The van der Waals surface area contributed by atoms with Crippen molar-refractivity contribution in [2.24, 2.45) is 0 Å². The number of allylic oxidation sites excluding steroid dienone is 1. The molecule has 2 N–H and O–H groups in total. The molecule has 5 nitrogen and oxygen atoms in total. The van der Waals surface area contributed by atoms with Crippen molar-refractivity contribution in [3.8, 4) is 6.07 Å². The number of ketones is 1. The van der Waals surface area contributed by atoms with Crippen LogP contribution < -0.4 is 10.6 Å². The molecule has 0 saturated heterocycles. The summed E-state index contributed by atoms with van der Waals surface area (Å²) in [6.07, 6.45) is 1.12. The van der Waals surface area contributed by atoms with Crippen LogP contribution >= 0.6 is 15.9 Å². The number of halogens is 1. The number of nitriles is 1. The van der Waals surface area contributed by atoms with E-state index in [0.717, 1.165) is 16.2 Å². The molecule has 120 valence electrons. The van der Waals surface area contributed by atoms with Crippen LogP contribution in [0.5, 0.6) is 0 Å². The van der Waals surface area contributed by atoms with Crippen molar-refractivity contribution in [1.29, 1.82) is 5.26 Å².